The van der Waals surface area contributed by atoms with E-state index in [0.717, 1.165) is 44.9 Å². The van der Waals surface area contributed by atoms with E-state index in [1.54, 1.807) is 13.8 Å². The first kappa shape index (κ1) is 34.3. The lowest BCUT2D eigenvalue weighted by molar-refractivity contribution is -0.302. The van der Waals surface area contributed by atoms with E-state index in [9.17, 15) is 30.0 Å². The van der Waals surface area contributed by atoms with Gasteiger partial charge in [0.1, 0.15) is 24.4 Å². The third kappa shape index (κ3) is 4.46. The van der Waals surface area contributed by atoms with Crippen LogP contribution in [0.15, 0.2) is 0 Å². The maximum atomic E-state index is 15.0. The van der Waals surface area contributed by atoms with Crippen LogP contribution in [0.25, 0.3) is 0 Å². The number of esters is 1. The van der Waals surface area contributed by atoms with Crippen molar-refractivity contribution in [2.75, 3.05) is 6.61 Å². The predicted molar refractivity (Wildman–Crippen MR) is 170 cm³/mol. The molecule has 0 aromatic heterocycles. The van der Waals surface area contributed by atoms with Gasteiger partial charge in [-0.3, -0.25) is 9.59 Å². The maximum absolute atomic E-state index is 15.0. The van der Waals surface area contributed by atoms with Crippen LogP contribution in [0.2, 0.25) is 0 Å². The molecule has 2 heterocycles. The van der Waals surface area contributed by atoms with Crippen molar-refractivity contribution >= 4 is 11.8 Å². The van der Waals surface area contributed by atoms with Crippen LogP contribution in [-0.4, -0.2) is 93.4 Å². The topological polar surface area (TPSA) is 152 Å². The average molecular weight is 663 g/mol. The van der Waals surface area contributed by atoms with Crippen LogP contribution in [0.3, 0.4) is 0 Å². The van der Waals surface area contributed by atoms with Gasteiger partial charge >= 0.3 is 5.97 Å². The molecule has 0 radical (unpaired) electrons. The van der Waals surface area contributed by atoms with Gasteiger partial charge in [0, 0.05) is 18.3 Å². The maximum Gasteiger partial charge on any atom is 0.303 e. The molecular formula is C37H58O10. The van der Waals surface area contributed by atoms with Crippen molar-refractivity contribution in [3.8, 4) is 0 Å². The second kappa shape index (κ2) is 10.7. The number of fused-ring (bicyclic) bond motifs is 4. The zero-order valence-corrected chi connectivity index (χ0v) is 29.5. The molecule has 4 N–H and O–H groups in total. The molecule has 0 amide bonds. The number of aliphatic hydroxyl groups is 4. The van der Waals surface area contributed by atoms with Crippen molar-refractivity contribution in [1.29, 1.82) is 0 Å². The molecule has 2 saturated heterocycles. The minimum Gasteiger partial charge on any atom is -0.457 e. The predicted octanol–water partition coefficient (Wildman–Crippen LogP) is 3.53. The fourth-order valence-corrected chi connectivity index (χ4v) is 13.4. The number of rotatable bonds is 5. The normalized spacial score (nSPS) is 53.9. The van der Waals surface area contributed by atoms with E-state index in [2.05, 4.69) is 34.6 Å². The van der Waals surface area contributed by atoms with Gasteiger partial charge in [-0.1, -0.05) is 34.6 Å². The van der Waals surface area contributed by atoms with Gasteiger partial charge in [0.25, 0.3) is 0 Å². The number of carbonyl (C=O) groups excluding carboxylic acids is 2. The van der Waals surface area contributed by atoms with Crippen molar-refractivity contribution in [1.82, 2.24) is 0 Å². The molecule has 47 heavy (non-hydrogen) atoms. The van der Waals surface area contributed by atoms with Gasteiger partial charge in [0.2, 0.25) is 0 Å². The van der Waals surface area contributed by atoms with Gasteiger partial charge < -0.3 is 39.4 Å². The molecule has 7 fully saturated rings. The van der Waals surface area contributed by atoms with Crippen LogP contribution >= 0.6 is 0 Å². The largest absolute Gasteiger partial charge is 0.457 e. The van der Waals surface area contributed by atoms with Crippen LogP contribution in [0.5, 0.6) is 0 Å². The Morgan fingerprint density at radius 3 is 2.30 bits per heavy atom. The molecule has 16 atom stereocenters. The molecule has 7 aliphatic rings. The summed E-state index contributed by atoms with van der Waals surface area (Å²) in [5.41, 5.74) is -2.06. The number of aliphatic hydroxyl groups excluding tert-OH is 3. The van der Waals surface area contributed by atoms with Crippen LogP contribution < -0.4 is 0 Å². The molecule has 0 bridgehead atoms. The summed E-state index contributed by atoms with van der Waals surface area (Å²) >= 11 is 0. The minimum atomic E-state index is -1.31. The summed E-state index contributed by atoms with van der Waals surface area (Å²) in [6.45, 7) is 15.9. The van der Waals surface area contributed by atoms with Gasteiger partial charge in [-0.25, -0.2) is 0 Å². The highest BCUT2D eigenvalue weighted by atomic mass is 16.7. The van der Waals surface area contributed by atoms with E-state index in [0.29, 0.717) is 12.3 Å². The SMILES string of the molecule is CC(=O)OC(C1C[C@@H](C)[C@H]2C(O1)C(=O)[C@@]1(C)C3CC[C@H]4C(C)(C)C(O[C@@H]5OC[C@@H](O)C(O)[C@H]5O)CCC45CC35CCC21C)C(C)(C)O. The Labute approximate surface area is 279 Å². The Balaban J connectivity index is 1.15. The third-order valence-electron chi connectivity index (χ3n) is 15.6. The smallest absolute Gasteiger partial charge is 0.303 e. The fourth-order valence-electron chi connectivity index (χ4n) is 13.4. The van der Waals surface area contributed by atoms with Crippen molar-refractivity contribution in [2.45, 2.75) is 161 Å². The summed E-state index contributed by atoms with van der Waals surface area (Å²) in [5, 5.41) is 41.8. The lowest BCUT2D eigenvalue weighted by Crippen LogP contribution is -2.60. The van der Waals surface area contributed by atoms with Gasteiger partial charge in [-0.05, 0) is 105 Å². The second-order valence-electron chi connectivity index (χ2n) is 18.4. The number of hydrogen-bond acceptors (Lipinski definition) is 10. The van der Waals surface area contributed by atoms with E-state index in [1.165, 1.54) is 6.92 Å². The molecule has 5 aliphatic carbocycles. The van der Waals surface area contributed by atoms with Gasteiger partial charge in [-0.15, -0.1) is 0 Å². The molecule has 0 aromatic rings. The molecule has 10 heteroatoms. The quantitative estimate of drug-likeness (QED) is 0.254. The van der Waals surface area contributed by atoms with Crippen LogP contribution in [0.1, 0.15) is 107 Å². The number of carbonyl (C=O) groups is 2. The standard InChI is InChI=1S/C37H58O10/c1-18-15-21(30(33(5,6)43)45-19(2)38)46-28-25(18)34(7)13-14-37-17-36(37)12-11-24(47-31-27(41)26(40)20(39)16-44-31)32(3,4)22(36)9-10-23(37)35(34,8)29(28)42/h18,20-28,30-31,39-41,43H,9-17H2,1-8H3/t18-,20-,21?,22+,23?,24?,25+,26?,27-,28?,30?,31+,34?,35-,36?,37?/m1/s1. The highest BCUT2D eigenvalue weighted by molar-refractivity contribution is 5.93. The summed E-state index contributed by atoms with van der Waals surface area (Å²) in [5.74, 6) is 0.603. The van der Waals surface area contributed by atoms with E-state index in [-0.39, 0.29) is 57.9 Å². The Bertz CT molecular complexity index is 1290. The molecule has 10 nitrogen and oxygen atoms in total. The first-order valence-corrected chi connectivity index (χ1v) is 18.2. The lowest BCUT2D eigenvalue weighted by atomic mass is 9.41. The Hall–Kier alpha value is -1.14. The summed E-state index contributed by atoms with van der Waals surface area (Å²) < 4.78 is 24.4. The second-order valence-corrected chi connectivity index (χ2v) is 18.4. The number of ether oxygens (including phenoxy) is 4. The Morgan fingerprint density at radius 1 is 0.979 bits per heavy atom. The summed E-state index contributed by atoms with van der Waals surface area (Å²) in [4.78, 5) is 27.0. The van der Waals surface area contributed by atoms with Crippen molar-refractivity contribution in [2.24, 2.45) is 50.7 Å². The Kier molecular flexibility index (Phi) is 7.80. The lowest BCUT2D eigenvalue weighted by Gasteiger charge is -2.62. The molecule has 2 aliphatic heterocycles. The molecule has 7 rings (SSSR count). The average Bonchev–Trinajstić information content (AvgIpc) is 3.61. The summed E-state index contributed by atoms with van der Waals surface area (Å²) in [6, 6.07) is 0. The monoisotopic (exact) mass is 662 g/mol. The third-order valence-corrected chi connectivity index (χ3v) is 15.6. The summed E-state index contributed by atoms with van der Waals surface area (Å²) in [6.07, 6.45) is 0.691. The van der Waals surface area contributed by atoms with E-state index in [4.69, 9.17) is 18.9 Å². The van der Waals surface area contributed by atoms with E-state index in [1.807, 2.05) is 0 Å². The molecule has 2 spiro atoms. The number of ketones is 1. The number of Topliss-reactive ketones (excluding diaryl/α,β-unsaturated/α-hetero) is 1. The fraction of sp³-hybridized carbons (Fsp3) is 0.946. The summed E-state index contributed by atoms with van der Waals surface area (Å²) in [7, 11) is 0. The molecule has 0 aromatic carbocycles. The highest BCUT2D eigenvalue weighted by Crippen LogP contribution is 2.89. The van der Waals surface area contributed by atoms with Crippen molar-refractivity contribution in [3.05, 3.63) is 0 Å². The van der Waals surface area contributed by atoms with Crippen LogP contribution in [0.4, 0.5) is 0 Å². The molecule has 5 saturated carbocycles. The van der Waals surface area contributed by atoms with Gasteiger partial charge in [-0.2, -0.15) is 0 Å². The van der Waals surface area contributed by atoms with Gasteiger partial charge in [0.15, 0.2) is 18.2 Å². The Morgan fingerprint density at radius 2 is 1.64 bits per heavy atom. The van der Waals surface area contributed by atoms with Crippen molar-refractivity contribution < 1.29 is 49.0 Å². The first-order chi connectivity index (χ1) is 21.8. The van der Waals surface area contributed by atoms with E-state index < -0.39 is 59.9 Å². The zero-order chi connectivity index (χ0) is 34.3. The van der Waals surface area contributed by atoms with E-state index >= 15 is 0 Å². The molecule has 266 valence electrons. The van der Waals surface area contributed by atoms with Crippen LogP contribution in [-0.2, 0) is 28.5 Å². The van der Waals surface area contributed by atoms with Crippen LogP contribution in [0, 0.1) is 50.7 Å². The highest BCUT2D eigenvalue weighted by Gasteiger charge is 2.85. The van der Waals surface area contributed by atoms with Gasteiger partial charge in [0.05, 0.1) is 24.4 Å². The minimum absolute atomic E-state index is 0.0668. The molecular weight excluding hydrogens is 604 g/mol. The molecule has 9 unspecified atom stereocenters. The number of hydrogen-bond donors (Lipinski definition) is 4. The first-order valence-electron chi connectivity index (χ1n) is 18.2. The van der Waals surface area contributed by atoms with Crippen molar-refractivity contribution in [3.63, 3.8) is 0 Å². The zero-order valence-electron chi connectivity index (χ0n) is 29.5.